The smallest absolute Gasteiger partial charge is 0.0522 e. The molecular formula is C16H26N2O. The maximum atomic E-state index is 9.57. The van der Waals surface area contributed by atoms with Crippen molar-refractivity contribution >= 4 is 0 Å². The van der Waals surface area contributed by atoms with E-state index in [1.54, 1.807) is 0 Å². The maximum absolute atomic E-state index is 9.57. The first kappa shape index (κ1) is 13.2. The third-order valence-electron chi connectivity index (χ3n) is 5.73. The molecule has 3 heteroatoms. The van der Waals surface area contributed by atoms with Gasteiger partial charge in [0.25, 0.3) is 0 Å². The van der Waals surface area contributed by atoms with Crippen LogP contribution in [-0.2, 0) is 12.8 Å². The molecule has 106 valence electrons. The standard InChI is InChI=1S/C16H26N2O/c1-11(19)6-7-13-4-3-5-14-8-15-12(10-17-18-15)9-16(13,14)2/h10-11,13-14,19H,3-9H2,1-2H3,(H,17,18)/t11?,13-,14?,16-/m1/s1. The van der Waals surface area contributed by atoms with Gasteiger partial charge in [-0.25, -0.2) is 0 Å². The van der Waals surface area contributed by atoms with E-state index in [1.165, 1.54) is 49.8 Å². The van der Waals surface area contributed by atoms with Crippen LogP contribution >= 0.6 is 0 Å². The van der Waals surface area contributed by atoms with Crippen LogP contribution in [0.3, 0.4) is 0 Å². The van der Waals surface area contributed by atoms with Crippen LogP contribution in [0.1, 0.15) is 57.2 Å². The lowest BCUT2D eigenvalue weighted by molar-refractivity contribution is 0.0181. The number of fused-ring (bicyclic) bond motifs is 2. The summed E-state index contributed by atoms with van der Waals surface area (Å²) in [7, 11) is 0. The van der Waals surface area contributed by atoms with E-state index >= 15 is 0 Å². The van der Waals surface area contributed by atoms with Crippen LogP contribution in [0.25, 0.3) is 0 Å². The number of nitrogens with zero attached hydrogens (tertiary/aromatic N) is 1. The minimum atomic E-state index is -0.156. The number of aliphatic hydroxyl groups is 1. The number of aliphatic hydroxyl groups excluding tert-OH is 1. The summed E-state index contributed by atoms with van der Waals surface area (Å²) in [6.07, 6.45) is 10.4. The number of H-pyrrole nitrogens is 1. The summed E-state index contributed by atoms with van der Waals surface area (Å²) in [5, 5.41) is 17.0. The first-order chi connectivity index (χ1) is 9.09. The molecule has 2 N–H and O–H groups in total. The van der Waals surface area contributed by atoms with E-state index in [2.05, 4.69) is 17.1 Å². The summed E-state index contributed by atoms with van der Waals surface area (Å²) in [5.74, 6) is 1.57. The lowest BCUT2D eigenvalue weighted by Crippen LogP contribution is -2.44. The van der Waals surface area contributed by atoms with Gasteiger partial charge < -0.3 is 5.11 Å². The van der Waals surface area contributed by atoms with Crippen LogP contribution in [-0.4, -0.2) is 21.4 Å². The minimum Gasteiger partial charge on any atom is -0.393 e. The summed E-state index contributed by atoms with van der Waals surface area (Å²) in [4.78, 5) is 0. The predicted octanol–water partition coefficient (Wildman–Crippen LogP) is 3.09. The fourth-order valence-corrected chi connectivity index (χ4v) is 4.47. The molecule has 0 radical (unpaired) electrons. The van der Waals surface area contributed by atoms with Crippen molar-refractivity contribution in [2.75, 3.05) is 0 Å². The van der Waals surface area contributed by atoms with Crippen LogP contribution in [0.5, 0.6) is 0 Å². The zero-order valence-corrected chi connectivity index (χ0v) is 12.2. The highest BCUT2D eigenvalue weighted by Gasteiger charge is 2.46. The molecule has 2 unspecified atom stereocenters. The van der Waals surface area contributed by atoms with Crippen molar-refractivity contribution in [2.45, 2.75) is 64.9 Å². The molecule has 4 atom stereocenters. The van der Waals surface area contributed by atoms with Crippen molar-refractivity contribution in [3.05, 3.63) is 17.5 Å². The molecule has 1 fully saturated rings. The van der Waals surface area contributed by atoms with Crippen molar-refractivity contribution < 1.29 is 5.11 Å². The average Bonchev–Trinajstić information content (AvgIpc) is 2.79. The monoisotopic (exact) mass is 262 g/mol. The third kappa shape index (κ3) is 2.33. The Morgan fingerprint density at radius 3 is 3.16 bits per heavy atom. The van der Waals surface area contributed by atoms with Gasteiger partial charge in [-0.05, 0) is 68.3 Å². The lowest BCUT2D eigenvalue weighted by atomic mass is 9.54. The fourth-order valence-electron chi connectivity index (χ4n) is 4.47. The molecule has 0 aromatic carbocycles. The molecular weight excluding hydrogens is 236 g/mol. The first-order valence-corrected chi connectivity index (χ1v) is 7.79. The van der Waals surface area contributed by atoms with Gasteiger partial charge in [-0.15, -0.1) is 0 Å². The molecule has 1 aromatic rings. The van der Waals surface area contributed by atoms with Crippen LogP contribution in [0.15, 0.2) is 6.20 Å². The van der Waals surface area contributed by atoms with E-state index in [0.717, 1.165) is 18.3 Å². The van der Waals surface area contributed by atoms with Gasteiger partial charge >= 0.3 is 0 Å². The molecule has 3 rings (SSSR count). The van der Waals surface area contributed by atoms with Crippen molar-refractivity contribution in [3.8, 4) is 0 Å². The Morgan fingerprint density at radius 1 is 1.53 bits per heavy atom. The second-order valence-electron chi connectivity index (χ2n) is 7.01. The topological polar surface area (TPSA) is 48.9 Å². The van der Waals surface area contributed by atoms with E-state index in [9.17, 15) is 5.11 Å². The lowest BCUT2D eigenvalue weighted by Gasteiger charge is -2.50. The Bertz CT molecular complexity index is 440. The van der Waals surface area contributed by atoms with E-state index < -0.39 is 0 Å². The van der Waals surface area contributed by atoms with E-state index in [1.807, 2.05) is 13.1 Å². The van der Waals surface area contributed by atoms with Gasteiger partial charge in [0.15, 0.2) is 0 Å². The van der Waals surface area contributed by atoms with Gasteiger partial charge in [-0.1, -0.05) is 13.3 Å². The number of hydrogen-bond donors (Lipinski definition) is 2. The SMILES string of the molecule is CC(O)CC[C@H]1CCCC2Cc3[nH]ncc3C[C@@]21C. The minimum absolute atomic E-state index is 0.156. The largest absolute Gasteiger partial charge is 0.393 e. The van der Waals surface area contributed by atoms with Crippen molar-refractivity contribution in [1.82, 2.24) is 10.2 Å². The van der Waals surface area contributed by atoms with Crippen molar-refractivity contribution in [1.29, 1.82) is 0 Å². The number of hydrogen-bond acceptors (Lipinski definition) is 2. The van der Waals surface area contributed by atoms with E-state index in [0.29, 0.717) is 5.41 Å². The van der Waals surface area contributed by atoms with E-state index in [4.69, 9.17) is 0 Å². The highest BCUT2D eigenvalue weighted by Crippen LogP contribution is 2.53. The second-order valence-corrected chi connectivity index (χ2v) is 7.01. The number of aromatic amines is 1. The van der Waals surface area contributed by atoms with Gasteiger partial charge in [0.05, 0.1) is 12.3 Å². The number of rotatable bonds is 3. The summed E-state index contributed by atoms with van der Waals surface area (Å²) in [6.45, 7) is 4.40. The first-order valence-electron chi connectivity index (χ1n) is 7.79. The molecule has 1 saturated carbocycles. The maximum Gasteiger partial charge on any atom is 0.0522 e. The Labute approximate surface area is 115 Å². The van der Waals surface area contributed by atoms with Gasteiger partial charge in [0, 0.05) is 5.69 Å². The third-order valence-corrected chi connectivity index (χ3v) is 5.73. The zero-order valence-electron chi connectivity index (χ0n) is 12.2. The molecule has 0 spiro atoms. The quantitative estimate of drug-likeness (QED) is 0.879. The van der Waals surface area contributed by atoms with Gasteiger partial charge in [-0.3, -0.25) is 5.10 Å². The van der Waals surface area contributed by atoms with Gasteiger partial charge in [0.1, 0.15) is 0 Å². The highest BCUT2D eigenvalue weighted by molar-refractivity contribution is 5.24. The molecule has 0 aliphatic heterocycles. The van der Waals surface area contributed by atoms with Crippen LogP contribution < -0.4 is 0 Å². The summed E-state index contributed by atoms with van der Waals surface area (Å²) < 4.78 is 0. The number of aromatic nitrogens is 2. The summed E-state index contributed by atoms with van der Waals surface area (Å²) in [6, 6.07) is 0. The Morgan fingerprint density at radius 2 is 2.37 bits per heavy atom. The molecule has 1 aromatic heterocycles. The van der Waals surface area contributed by atoms with Crippen LogP contribution in [0.4, 0.5) is 0 Å². The van der Waals surface area contributed by atoms with E-state index in [-0.39, 0.29) is 6.10 Å². The van der Waals surface area contributed by atoms with Gasteiger partial charge in [0.2, 0.25) is 0 Å². The molecule has 1 heterocycles. The second kappa shape index (κ2) is 4.93. The molecule has 3 nitrogen and oxygen atoms in total. The Balaban J connectivity index is 1.80. The average molecular weight is 262 g/mol. The van der Waals surface area contributed by atoms with Crippen LogP contribution in [0.2, 0.25) is 0 Å². The zero-order chi connectivity index (χ0) is 13.5. The molecule has 0 bridgehead atoms. The molecule has 2 aliphatic rings. The van der Waals surface area contributed by atoms with Crippen molar-refractivity contribution in [3.63, 3.8) is 0 Å². The van der Waals surface area contributed by atoms with Gasteiger partial charge in [-0.2, -0.15) is 5.10 Å². The molecule has 2 aliphatic carbocycles. The fraction of sp³-hybridized carbons (Fsp3) is 0.812. The summed E-state index contributed by atoms with van der Waals surface area (Å²) in [5.41, 5.74) is 3.23. The van der Waals surface area contributed by atoms with Crippen LogP contribution in [0, 0.1) is 17.3 Å². The predicted molar refractivity (Wildman–Crippen MR) is 75.8 cm³/mol. The normalized spacial score (nSPS) is 35.5. The number of nitrogens with one attached hydrogen (secondary N) is 1. The summed E-state index contributed by atoms with van der Waals surface area (Å²) >= 11 is 0. The molecule has 0 amide bonds. The van der Waals surface area contributed by atoms with Crippen molar-refractivity contribution in [2.24, 2.45) is 17.3 Å². The molecule has 0 saturated heterocycles. The Kier molecular flexibility index (Phi) is 3.42. The highest BCUT2D eigenvalue weighted by atomic mass is 16.3. The Hall–Kier alpha value is -0.830. The molecule has 19 heavy (non-hydrogen) atoms.